The molecule has 1 fully saturated rings. The number of ether oxygens (including phenoxy) is 1. The Balaban J connectivity index is 1.96. The van der Waals surface area contributed by atoms with Crippen LogP contribution in [0.1, 0.15) is 50.9 Å². The molecule has 1 N–H and O–H groups in total. The van der Waals surface area contributed by atoms with Crippen LogP contribution in [0.3, 0.4) is 0 Å². The van der Waals surface area contributed by atoms with Gasteiger partial charge in [-0.25, -0.2) is 8.42 Å². The second-order valence-corrected chi connectivity index (χ2v) is 9.98. The van der Waals surface area contributed by atoms with Crippen LogP contribution in [-0.4, -0.2) is 49.6 Å². The smallest absolute Gasteiger partial charge is 0.255 e. The van der Waals surface area contributed by atoms with Crippen molar-refractivity contribution in [2.75, 3.05) is 23.3 Å². The first-order valence-corrected chi connectivity index (χ1v) is 12.6. The van der Waals surface area contributed by atoms with Crippen LogP contribution in [0.15, 0.2) is 47.4 Å². The predicted octanol–water partition coefficient (Wildman–Crippen LogP) is 3.41. The molecular weight excluding hydrogens is 458 g/mol. The number of sulfonamides is 1. The lowest BCUT2D eigenvalue weighted by atomic mass is 10.1. The maximum atomic E-state index is 13.1. The van der Waals surface area contributed by atoms with E-state index in [9.17, 15) is 22.8 Å². The Morgan fingerprint density at radius 1 is 1.06 bits per heavy atom. The number of carbonyl (C=O) groups excluding carboxylic acids is 3. The summed E-state index contributed by atoms with van der Waals surface area (Å²) in [5.41, 5.74) is 0.722. The van der Waals surface area contributed by atoms with E-state index in [1.165, 1.54) is 28.6 Å². The van der Waals surface area contributed by atoms with Crippen LogP contribution >= 0.6 is 0 Å². The Bertz CT molecular complexity index is 1190. The number of hydrogen-bond acceptors (Lipinski definition) is 6. The van der Waals surface area contributed by atoms with Crippen molar-refractivity contribution in [2.24, 2.45) is 0 Å². The zero-order valence-corrected chi connectivity index (χ0v) is 20.5. The molecule has 0 bridgehead atoms. The molecular formula is C24H29N3O6S. The van der Waals surface area contributed by atoms with Crippen LogP contribution in [0.25, 0.3) is 0 Å². The number of nitrogens with one attached hydrogen (secondary N) is 1. The molecule has 0 unspecified atom stereocenters. The number of benzene rings is 2. The molecule has 10 heteroatoms. The number of hydrogen-bond donors (Lipinski definition) is 1. The second-order valence-electron chi connectivity index (χ2n) is 8.04. The third kappa shape index (κ3) is 5.28. The summed E-state index contributed by atoms with van der Waals surface area (Å²) in [6, 6.07) is 10.5. The van der Waals surface area contributed by atoms with Gasteiger partial charge in [0.2, 0.25) is 21.8 Å². The van der Waals surface area contributed by atoms with Gasteiger partial charge in [-0.3, -0.25) is 19.3 Å². The first-order chi connectivity index (χ1) is 16.1. The van der Waals surface area contributed by atoms with Crippen molar-refractivity contribution in [1.82, 2.24) is 4.31 Å². The predicted molar refractivity (Wildman–Crippen MR) is 128 cm³/mol. The number of rotatable bonds is 9. The molecule has 0 atom stereocenters. The van der Waals surface area contributed by atoms with Crippen molar-refractivity contribution in [2.45, 2.75) is 51.5 Å². The Labute approximate surface area is 199 Å². The molecule has 1 aliphatic rings. The molecule has 3 amide bonds. The number of amides is 3. The van der Waals surface area contributed by atoms with Crippen LogP contribution in [0.5, 0.6) is 5.75 Å². The highest BCUT2D eigenvalue weighted by Gasteiger charge is 2.30. The van der Waals surface area contributed by atoms with Crippen molar-refractivity contribution < 1.29 is 27.5 Å². The number of anilines is 2. The SMILES string of the molecule is CCN(CC)S(=O)(=O)c1ccc(OC(C)C)c(NC(=O)c2cccc(N3C(=O)CCC3=O)c2)c1. The summed E-state index contributed by atoms with van der Waals surface area (Å²) in [5, 5.41) is 2.72. The second kappa shape index (κ2) is 10.4. The molecule has 2 aromatic rings. The lowest BCUT2D eigenvalue weighted by Gasteiger charge is -2.21. The average Bonchev–Trinajstić information content (AvgIpc) is 3.13. The van der Waals surface area contributed by atoms with Gasteiger partial charge < -0.3 is 10.1 Å². The molecule has 0 spiro atoms. The first-order valence-electron chi connectivity index (χ1n) is 11.2. The Hall–Kier alpha value is -3.24. The van der Waals surface area contributed by atoms with E-state index >= 15 is 0 Å². The summed E-state index contributed by atoms with van der Waals surface area (Å²) in [7, 11) is -3.75. The molecule has 1 heterocycles. The monoisotopic (exact) mass is 487 g/mol. The van der Waals surface area contributed by atoms with Crippen LogP contribution in [0.2, 0.25) is 0 Å². The molecule has 0 radical (unpaired) electrons. The van der Waals surface area contributed by atoms with Gasteiger partial charge in [-0.05, 0) is 50.2 Å². The van der Waals surface area contributed by atoms with Gasteiger partial charge in [0, 0.05) is 31.5 Å². The molecule has 3 rings (SSSR count). The molecule has 0 saturated carbocycles. The van der Waals surface area contributed by atoms with E-state index < -0.39 is 15.9 Å². The lowest BCUT2D eigenvalue weighted by Crippen LogP contribution is -2.30. The number of imide groups is 1. The summed E-state index contributed by atoms with van der Waals surface area (Å²) in [4.78, 5) is 38.3. The Kier molecular flexibility index (Phi) is 7.73. The zero-order chi connectivity index (χ0) is 25.0. The Morgan fingerprint density at radius 2 is 1.71 bits per heavy atom. The normalized spacial score (nSPS) is 14.2. The fourth-order valence-corrected chi connectivity index (χ4v) is 5.17. The molecule has 0 aliphatic carbocycles. The Morgan fingerprint density at radius 3 is 2.29 bits per heavy atom. The maximum Gasteiger partial charge on any atom is 0.255 e. The highest BCUT2D eigenvalue weighted by atomic mass is 32.2. The van der Waals surface area contributed by atoms with Gasteiger partial charge in [0.1, 0.15) is 5.75 Å². The molecule has 1 saturated heterocycles. The number of nitrogens with zero attached hydrogens (tertiary/aromatic N) is 2. The van der Waals surface area contributed by atoms with Gasteiger partial charge in [0.25, 0.3) is 5.91 Å². The highest BCUT2D eigenvalue weighted by Crippen LogP contribution is 2.31. The standard InChI is InChI=1S/C24H29N3O6S/c1-5-26(6-2)34(31,32)19-10-11-21(33-16(3)4)20(15-19)25-24(30)17-8-7-9-18(14-17)27-22(28)12-13-23(27)29/h7-11,14-16H,5-6,12-13H2,1-4H3,(H,25,30). The fraction of sp³-hybridized carbons (Fsp3) is 0.375. The zero-order valence-electron chi connectivity index (χ0n) is 19.7. The molecule has 2 aromatic carbocycles. The summed E-state index contributed by atoms with van der Waals surface area (Å²) in [6.07, 6.45) is 0.0641. The minimum absolute atomic E-state index is 0.0321. The number of carbonyl (C=O) groups is 3. The van der Waals surface area contributed by atoms with E-state index in [0.29, 0.717) is 24.5 Å². The van der Waals surface area contributed by atoms with E-state index in [2.05, 4.69) is 5.32 Å². The third-order valence-corrected chi connectivity index (χ3v) is 7.37. The lowest BCUT2D eigenvalue weighted by molar-refractivity contribution is -0.121. The average molecular weight is 488 g/mol. The van der Waals surface area contributed by atoms with Gasteiger partial charge >= 0.3 is 0 Å². The van der Waals surface area contributed by atoms with Gasteiger partial charge in [0.05, 0.1) is 22.4 Å². The van der Waals surface area contributed by atoms with Crippen molar-refractivity contribution in [3.05, 3.63) is 48.0 Å². The van der Waals surface area contributed by atoms with E-state index in [1.807, 2.05) is 13.8 Å². The maximum absolute atomic E-state index is 13.1. The molecule has 0 aromatic heterocycles. The van der Waals surface area contributed by atoms with E-state index in [-0.39, 0.29) is 46.9 Å². The minimum atomic E-state index is -3.75. The van der Waals surface area contributed by atoms with Crippen LogP contribution in [0, 0.1) is 0 Å². The van der Waals surface area contributed by atoms with Crippen LogP contribution in [0.4, 0.5) is 11.4 Å². The highest BCUT2D eigenvalue weighted by molar-refractivity contribution is 7.89. The summed E-state index contributed by atoms with van der Waals surface area (Å²) < 4.78 is 33.1. The van der Waals surface area contributed by atoms with E-state index in [4.69, 9.17) is 4.74 Å². The topological polar surface area (TPSA) is 113 Å². The summed E-state index contributed by atoms with van der Waals surface area (Å²) in [6.45, 7) is 7.77. The van der Waals surface area contributed by atoms with Gasteiger partial charge in [-0.1, -0.05) is 19.9 Å². The molecule has 182 valence electrons. The largest absolute Gasteiger partial charge is 0.489 e. The van der Waals surface area contributed by atoms with Gasteiger partial charge in [-0.2, -0.15) is 4.31 Å². The summed E-state index contributed by atoms with van der Waals surface area (Å²) in [5.74, 6) is -0.844. The van der Waals surface area contributed by atoms with Crippen molar-refractivity contribution in [3.8, 4) is 5.75 Å². The minimum Gasteiger partial charge on any atom is -0.489 e. The van der Waals surface area contributed by atoms with Crippen molar-refractivity contribution in [1.29, 1.82) is 0 Å². The van der Waals surface area contributed by atoms with E-state index in [0.717, 1.165) is 4.90 Å². The fourth-order valence-electron chi connectivity index (χ4n) is 3.68. The van der Waals surface area contributed by atoms with Crippen LogP contribution < -0.4 is 15.0 Å². The first kappa shape index (κ1) is 25.4. The van der Waals surface area contributed by atoms with Crippen molar-refractivity contribution in [3.63, 3.8) is 0 Å². The van der Waals surface area contributed by atoms with E-state index in [1.54, 1.807) is 32.0 Å². The molecule has 9 nitrogen and oxygen atoms in total. The van der Waals surface area contributed by atoms with Gasteiger partial charge in [-0.15, -0.1) is 0 Å². The van der Waals surface area contributed by atoms with Gasteiger partial charge in [0.15, 0.2) is 0 Å². The van der Waals surface area contributed by atoms with Crippen molar-refractivity contribution >= 4 is 39.1 Å². The molecule has 1 aliphatic heterocycles. The third-order valence-electron chi connectivity index (χ3n) is 5.32. The molecule has 34 heavy (non-hydrogen) atoms. The van der Waals surface area contributed by atoms with Crippen LogP contribution in [-0.2, 0) is 19.6 Å². The quantitative estimate of drug-likeness (QED) is 0.543. The summed E-state index contributed by atoms with van der Waals surface area (Å²) >= 11 is 0.